The van der Waals surface area contributed by atoms with Crippen LogP contribution in [0.3, 0.4) is 0 Å². The van der Waals surface area contributed by atoms with Gasteiger partial charge in [-0.1, -0.05) is 5.57 Å². The third-order valence-electron chi connectivity index (χ3n) is 3.60. The first-order chi connectivity index (χ1) is 13.1. The highest BCUT2D eigenvalue weighted by Gasteiger charge is 2.31. The third kappa shape index (κ3) is 4.61. The number of carbonyl (C=O) groups is 1. The lowest BCUT2D eigenvalue weighted by Crippen LogP contribution is -2.17. The minimum absolute atomic E-state index is 0.285. The van der Waals surface area contributed by atoms with Crippen molar-refractivity contribution in [3.8, 4) is 5.75 Å². The fourth-order valence-corrected chi connectivity index (χ4v) is 3.48. The van der Waals surface area contributed by atoms with Gasteiger partial charge in [0.15, 0.2) is 0 Å². The lowest BCUT2D eigenvalue weighted by molar-refractivity contribution is -0.274. The molecule has 146 valence electrons. The van der Waals surface area contributed by atoms with Gasteiger partial charge in [-0.3, -0.25) is 4.79 Å². The van der Waals surface area contributed by atoms with Crippen LogP contribution in [0.15, 0.2) is 42.0 Å². The summed E-state index contributed by atoms with van der Waals surface area (Å²) in [5.74, 6) is -0.836. The molecular weight excluding hydrogens is 391 g/mol. The average molecular weight is 407 g/mol. The van der Waals surface area contributed by atoms with Crippen molar-refractivity contribution in [2.24, 2.45) is 0 Å². The number of benzene rings is 1. The van der Waals surface area contributed by atoms with Gasteiger partial charge in [-0.2, -0.15) is 0 Å². The minimum atomic E-state index is -4.77. The van der Waals surface area contributed by atoms with E-state index in [1.54, 1.807) is 0 Å². The molecule has 0 aliphatic rings. The molecule has 0 radical (unpaired) electrons. The van der Waals surface area contributed by atoms with Crippen molar-refractivity contribution in [1.82, 2.24) is 4.98 Å². The molecule has 3 aromatic rings. The zero-order chi connectivity index (χ0) is 20.5. The largest absolute Gasteiger partial charge is 0.573 e. The summed E-state index contributed by atoms with van der Waals surface area (Å²) in [4.78, 5) is 18.0. The number of nitrogen functional groups attached to an aromatic ring is 1. The molecule has 0 saturated carbocycles. The normalized spacial score (nSPS) is 11.3. The highest BCUT2D eigenvalue weighted by molar-refractivity contribution is 7.21. The van der Waals surface area contributed by atoms with Crippen molar-refractivity contribution in [2.45, 2.75) is 20.2 Å². The Bertz CT molecular complexity index is 1050. The number of carbonyl (C=O) groups excluding carboxylic acids is 1. The number of alkyl halides is 3. The van der Waals surface area contributed by atoms with E-state index in [0.29, 0.717) is 21.6 Å². The molecule has 5 nitrogen and oxygen atoms in total. The Morgan fingerprint density at radius 2 is 1.86 bits per heavy atom. The number of ether oxygens (including phenoxy) is 1. The van der Waals surface area contributed by atoms with Crippen LogP contribution >= 0.6 is 11.3 Å². The highest BCUT2D eigenvalue weighted by Crippen LogP contribution is 2.33. The maximum Gasteiger partial charge on any atom is 0.573 e. The van der Waals surface area contributed by atoms with Crippen LogP contribution in [0.5, 0.6) is 5.75 Å². The molecule has 0 atom stereocenters. The molecule has 0 saturated heterocycles. The van der Waals surface area contributed by atoms with Crippen LogP contribution < -0.4 is 15.8 Å². The maximum atomic E-state index is 12.5. The molecule has 0 unspecified atom stereocenters. The van der Waals surface area contributed by atoms with Gasteiger partial charge in [0, 0.05) is 11.1 Å². The van der Waals surface area contributed by atoms with E-state index >= 15 is 0 Å². The van der Waals surface area contributed by atoms with Gasteiger partial charge in [-0.15, -0.1) is 24.5 Å². The van der Waals surface area contributed by atoms with Crippen LogP contribution in [0, 0.1) is 0 Å². The number of hydrogen-bond acceptors (Lipinski definition) is 5. The first kappa shape index (κ1) is 19.7. The Hall–Kier alpha value is -3.07. The van der Waals surface area contributed by atoms with Gasteiger partial charge in [0.25, 0.3) is 5.91 Å². The first-order valence-corrected chi connectivity index (χ1v) is 8.95. The number of rotatable bonds is 4. The van der Waals surface area contributed by atoms with Crippen molar-refractivity contribution in [2.75, 3.05) is 11.1 Å². The summed E-state index contributed by atoms with van der Waals surface area (Å²) >= 11 is 1.15. The number of thiophene rings is 1. The van der Waals surface area contributed by atoms with Crippen molar-refractivity contribution in [1.29, 1.82) is 0 Å². The Labute approximate surface area is 162 Å². The summed E-state index contributed by atoms with van der Waals surface area (Å²) in [5.41, 5.74) is 8.57. The van der Waals surface area contributed by atoms with Crippen molar-refractivity contribution < 1.29 is 22.7 Å². The Morgan fingerprint density at radius 3 is 2.46 bits per heavy atom. The minimum Gasteiger partial charge on any atom is -0.406 e. The third-order valence-corrected chi connectivity index (χ3v) is 4.72. The van der Waals surface area contributed by atoms with Gasteiger partial charge in [0.2, 0.25) is 0 Å². The van der Waals surface area contributed by atoms with E-state index in [-0.39, 0.29) is 10.6 Å². The highest BCUT2D eigenvalue weighted by atomic mass is 32.1. The molecule has 3 N–H and O–H groups in total. The number of nitrogens with two attached hydrogens (primary N) is 1. The van der Waals surface area contributed by atoms with E-state index in [0.717, 1.165) is 34.7 Å². The van der Waals surface area contributed by atoms with Gasteiger partial charge < -0.3 is 15.8 Å². The first-order valence-electron chi connectivity index (χ1n) is 8.13. The molecule has 1 amide bonds. The maximum absolute atomic E-state index is 12.5. The molecule has 0 fully saturated rings. The topological polar surface area (TPSA) is 77.2 Å². The van der Waals surface area contributed by atoms with Crippen LogP contribution in [0.1, 0.15) is 29.2 Å². The van der Waals surface area contributed by atoms with Gasteiger partial charge in [0.1, 0.15) is 15.5 Å². The zero-order valence-electron chi connectivity index (χ0n) is 14.9. The number of amides is 1. The molecular formula is C19H16F3N3O2S. The molecule has 2 aromatic heterocycles. The average Bonchev–Trinajstić information content (AvgIpc) is 2.91. The zero-order valence-corrected chi connectivity index (χ0v) is 15.7. The quantitative estimate of drug-likeness (QED) is 0.603. The van der Waals surface area contributed by atoms with Gasteiger partial charge in [0.05, 0.1) is 11.4 Å². The van der Waals surface area contributed by atoms with Gasteiger partial charge in [-0.25, -0.2) is 4.98 Å². The number of fused-ring (bicyclic) bond motifs is 1. The predicted molar refractivity (Wildman–Crippen MR) is 104 cm³/mol. The number of nitrogens with zero attached hydrogens (tertiary/aromatic N) is 1. The molecule has 3 rings (SSSR count). The number of allylic oxidation sites excluding steroid dienone is 1. The van der Waals surface area contributed by atoms with Crippen LogP contribution in [0.25, 0.3) is 16.3 Å². The molecule has 28 heavy (non-hydrogen) atoms. The summed E-state index contributed by atoms with van der Waals surface area (Å²) in [6, 6.07) is 8.49. The number of nitrogens with one attached hydrogen (secondary N) is 1. The molecule has 0 aliphatic heterocycles. The Morgan fingerprint density at radius 1 is 1.18 bits per heavy atom. The predicted octanol–water partition coefficient (Wildman–Crippen LogP) is 5.45. The summed E-state index contributed by atoms with van der Waals surface area (Å²) in [6.07, 6.45) is -2.85. The SMILES string of the molecule is CC(C)=Cc1ccc2c(N)c(C(=O)Nc3ccc(OC(F)(F)F)cc3)sc2n1. The second-order valence-electron chi connectivity index (χ2n) is 6.18. The fourth-order valence-electron chi connectivity index (χ4n) is 2.48. The summed E-state index contributed by atoms with van der Waals surface area (Å²) in [5, 5.41) is 3.29. The fraction of sp³-hybridized carbons (Fsp3) is 0.158. The van der Waals surface area contributed by atoms with Crippen molar-refractivity contribution >= 4 is 44.9 Å². The molecule has 0 spiro atoms. The van der Waals surface area contributed by atoms with Gasteiger partial charge in [-0.05, 0) is 56.3 Å². The van der Waals surface area contributed by atoms with E-state index in [1.165, 1.54) is 12.1 Å². The number of halogens is 3. The summed E-state index contributed by atoms with van der Waals surface area (Å²) in [7, 11) is 0. The Balaban J connectivity index is 1.81. The standard InChI is InChI=1S/C19H16F3N3O2S/c1-10(2)9-12-5-8-14-15(23)16(28-18(14)25-12)17(26)24-11-3-6-13(7-4-11)27-19(20,21)22/h3-9H,23H2,1-2H3,(H,24,26). The van der Waals surface area contributed by atoms with E-state index in [4.69, 9.17) is 5.73 Å². The van der Waals surface area contributed by atoms with E-state index in [9.17, 15) is 18.0 Å². The van der Waals surface area contributed by atoms with Crippen molar-refractivity contribution in [3.63, 3.8) is 0 Å². The van der Waals surface area contributed by atoms with Gasteiger partial charge >= 0.3 is 6.36 Å². The Kier molecular flexibility index (Phi) is 5.28. The number of aromatic nitrogens is 1. The number of pyridine rings is 1. The van der Waals surface area contributed by atoms with Crippen LogP contribution in [0.4, 0.5) is 24.5 Å². The number of hydrogen-bond donors (Lipinski definition) is 2. The van der Waals surface area contributed by atoms with Crippen LogP contribution in [0.2, 0.25) is 0 Å². The molecule has 1 aromatic carbocycles. The van der Waals surface area contributed by atoms with Crippen molar-refractivity contribution in [3.05, 3.63) is 52.5 Å². The van der Waals surface area contributed by atoms with E-state index in [2.05, 4.69) is 15.0 Å². The van der Waals surface area contributed by atoms with E-state index < -0.39 is 12.3 Å². The summed E-state index contributed by atoms with van der Waals surface area (Å²) < 4.78 is 40.4. The number of anilines is 2. The smallest absolute Gasteiger partial charge is 0.406 e. The summed E-state index contributed by atoms with van der Waals surface area (Å²) in [6.45, 7) is 3.91. The van der Waals surface area contributed by atoms with E-state index in [1.807, 2.05) is 32.1 Å². The molecule has 9 heteroatoms. The lowest BCUT2D eigenvalue weighted by atomic mass is 10.2. The molecule has 0 aliphatic carbocycles. The molecule has 2 heterocycles. The van der Waals surface area contributed by atoms with Crippen LogP contribution in [-0.4, -0.2) is 17.3 Å². The second kappa shape index (κ2) is 7.51. The molecule has 0 bridgehead atoms. The lowest BCUT2D eigenvalue weighted by Gasteiger charge is -2.09. The second-order valence-corrected chi connectivity index (χ2v) is 7.18. The monoisotopic (exact) mass is 407 g/mol. The van der Waals surface area contributed by atoms with Crippen LogP contribution in [-0.2, 0) is 0 Å².